The fraction of sp³-hybridized carbons (Fsp3) is 0.375. The molecule has 0 spiro atoms. The van der Waals surface area contributed by atoms with Crippen molar-refractivity contribution >= 4 is 5.78 Å². The van der Waals surface area contributed by atoms with Crippen LogP contribution in [0.4, 0.5) is 0 Å². The molecule has 0 saturated carbocycles. The Bertz CT molecular complexity index is 235. The Morgan fingerprint density at radius 2 is 2.40 bits per heavy atom. The van der Waals surface area contributed by atoms with Gasteiger partial charge in [-0.15, -0.1) is 0 Å². The molecule has 0 aromatic carbocycles. The predicted octanol–water partition coefficient (Wildman–Crippen LogP) is 2.04. The number of Topliss-reactive ketones (excluding diaryl/α,β-unsaturated/α-hetero) is 1. The van der Waals surface area contributed by atoms with E-state index in [1.165, 1.54) is 0 Å². The van der Waals surface area contributed by atoms with Gasteiger partial charge >= 0.3 is 0 Å². The molecule has 0 saturated heterocycles. The summed E-state index contributed by atoms with van der Waals surface area (Å²) in [5.74, 6) is 0.859. The van der Waals surface area contributed by atoms with Crippen LogP contribution in [0.15, 0.2) is 16.7 Å². The normalized spacial score (nSPS) is 9.80. The van der Waals surface area contributed by atoms with Crippen LogP contribution >= 0.6 is 0 Å². The summed E-state index contributed by atoms with van der Waals surface area (Å²) in [5.41, 5.74) is 0.711. The number of ketones is 1. The minimum atomic E-state index is 0.0746. The van der Waals surface area contributed by atoms with Crippen LogP contribution < -0.4 is 0 Å². The maximum absolute atomic E-state index is 10.8. The summed E-state index contributed by atoms with van der Waals surface area (Å²) in [4.78, 5) is 10.8. The zero-order valence-corrected chi connectivity index (χ0v) is 6.18. The zero-order chi connectivity index (χ0) is 7.56. The van der Waals surface area contributed by atoms with Crippen LogP contribution in [0.5, 0.6) is 0 Å². The van der Waals surface area contributed by atoms with Gasteiger partial charge in [-0.1, -0.05) is 6.92 Å². The van der Waals surface area contributed by atoms with Gasteiger partial charge in [0, 0.05) is 6.42 Å². The smallest absolute Gasteiger partial charge is 0.163 e. The molecule has 0 aliphatic rings. The first-order chi connectivity index (χ1) is 4.75. The van der Waals surface area contributed by atoms with E-state index in [2.05, 4.69) is 0 Å². The van der Waals surface area contributed by atoms with E-state index in [0.717, 1.165) is 12.2 Å². The first-order valence-electron chi connectivity index (χ1n) is 3.33. The van der Waals surface area contributed by atoms with Crippen LogP contribution in [0.25, 0.3) is 0 Å². The Kier molecular flexibility index (Phi) is 1.90. The molecule has 0 atom stereocenters. The third kappa shape index (κ3) is 1.10. The Morgan fingerprint density at radius 1 is 1.70 bits per heavy atom. The van der Waals surface area contributed by atoms with Crippen molar-refractivity contribution in [3.63, 3.8) is 0 Å². The number of rotatable bonds is 2. The summed E-state index contributed by atoms with van der Waals surface area (Å²) in [5, 5.41) is 0. The second-order valence-electron chi connectivity index (χ2n) is 2.17. The predicted molar refractivity (Wildman–Crippen MR) is 38.1 cm³/mol. The molecule has 1 aromatic heterocycles. The largest absolute Gasteiger partial charge is 0.469 e. The molecule has 1 heterocycles. The van der Waals surface area contributed by atoms with Gasteiger partial charge in [-0.25, -0.2) is 0 Å². The van der Waals surface area contributed by atoms with E-state index in [0.29, 0.717) is 5.56 Å². The van der Waals surface area contributed by atoms with Gasteiger partial charge < -0.3 is 4.42 Å². The first-order valence-corrected chi connectivity index (χ1v) is 3.33. The van der Waals surface area contributed by atoms with Crippen LogP contribution in [0.2, 0.25) is 0 Å². The minimum absolute atomic E-state index is 0.0746. The Hall–Kier alpha value is -1.05. The van der Waals surface area contributed by atoms with Gasteiger partial charge in [-0.05, 0) is 13.0 Å². The number of carbonyl (C=O) groups excluding carboxylic acids is 1. The lowest BCUT2D eigenvalue weighted by atomic mass is 10.1. The fourth-order valence-electron chi connectivity index (χ4n) is 0.928. The maximum Gasteiger partial charge on any atom is 0.163 e. The molecule has 0 fully saturated rings. The first kappa shape index (κ1) is 7.06. The molecule has 0 radical (unpaired) electrons. The quantitative estimate of drug-likeness (QED) is 0.585. The average molecular weight is 138 g/mol. The van der Waals surface area contributed by atoms with Crippen molar-refractivity contribution in [2.75, 3.05) is 0 Å². The minimum Gasteiger partial charge on any atom is -0.469 e. The maximum atomic E-state index is 10.8. The summed E-state index contributed by atoms with van der Waals surface area (Å²) in [6, 6.07) is 1.71. The molecule has 1 aromatic rings. The molecule has 0 N–H and O–H groups in total. The topological polar surface area (TPSA) is 30.2 Å². The second kappa shape index (κ2) is 2.69. The second-order valence-corrected chi connectivity index (χ2v) is 2.17. The Labute approximate surface area is 59.8 Å². The summed E-state index contributed by atoms with van der Waals surface area (Å²) in [7, 11) is 0. The van der Waals surface area contributed by atoms with Gasteiger partial charge in [0.05, 0.1) is 11.8 Å². The highest BCUT2D eigenvalue weighted by Gasteiger charge is 2.06. The number of carbonyl (C=O) groups is 1. The van der Waals surface area contributed by atoms with E-state index in [-0.39, 0.29) is 5.78 Å². The van der Waals surface area contributed by atoms with Crippen molar-refractivity contribution in [2.24, 2.45) is 0 Å². The Morgan fingerprint density at radius 3 is 2.80 bits per heavy atom. The lowest BCUT2D eigenvalue weighted by Gasteiger charge is -1.91. The summed E-state index contributed by atoms with van der Waals surface area (Å²) >= 11 is 0. The fourth-order valence-corrected chi connectivity index (χ4v) is 0.928. The number of aryl methyl sites for hydroxylation is 1. The number of furan rings is 1. The van der Waals surface area contributed by atoms with E-state index < -0.39 is 0 Å². The molecule has 0 unspecified atom stereocenters. The molecule has 2 nitrogen and oxygen atoms in total. The molecular formula is C8H10O2. The monoisotopic (exact) mass is 138 g/mol. The summed E-state index contributed by atoms with van der Waals surface area (Å²) in [6.45, 7) is 3.51. The third-order valence-electron chi connectivity index (χ3n) is 1.45. The van der Waals surface area contributed by atoms with Crippen molar-refractivity contribution in [3.8, 4) is 0 Å². The molecule has 2 heteroatoms. The van der Waals surface area contributed by atoms with Crippen LogP contribution in [0.3, 0.4) is 0 Å². The number of hydrogen-bond acceptors (Lipinski definition) is 2. The zero-order valence-electron chi connectivity index (χ0n) is 6.18. The summed E-state index contributed by atoms with van der Waals surface area (Å²) in [6.07, 6.45) is 2.33. The SMILES string of the molecule is CCc1occc1C(C)=O. The molecule has 0 amide bonds. The highest BCUT2D eigenvalue weighted by Crippen LogP contribution is 2.10. The van der Waals surface area contributed by atoms with Crippen molar-refractivity contribution in [2.45, 2.75) is 20.3 Å². The van der Waals surface area contributed by atoms with Gasteiger partial charge in [0.25, 0.3) is 0 Å². The third-order valence-corrected chi connectivity index (χ3v) is 1.45. The van der Waals surface area contributed by atoms with E-state index >= 15 is 0 Å². The lowest BCUT2D eigenvalue weighted by molar-refractivity contribution is 0.101. The lowest BCUT2D eigenvalue weighted by Crippen LogP contribution is -1.92. The van der Waals surface area contributed by atoms with Crippen molar-refractivity contribution < 1.29 is 9.21 Å². The molecule has 54 valence electrons. The standard InChI is InChI=1S/C8H10O2/c1-3-8-7(6(2)9)4-5-10-8/h4-5H,3H2,1-2H3. The van der Waals surface area contributed by atoms with E-state index in [9.17, 15) is 4.79 Å². The molecule has 0 aliphatic carbocycles. The Balaban J connectivity index is 3.01. The van der Waals surface area contributed by atoms with Gasteiger partial charge in [0.15, 0.2) is 5.78 Å². The van der Waals surface area contributed by atoms with Gasteiger partial charge in [0.2, 0.25) is 0 Å². The highest BCUT2D eigenvalue weighted by atomic mass is 16.3. The van der Waals surface area contributed by atoms with Crippen molar-refractivity contribution in [3.05, 3.63) is 23.7 Å². The van der Waals surface area contributed by atoms with Crippen LogP contribution in [-0.2, 0) is 6.42 Å². The molecule has 1 rings (SSSR count). The van der Waals surface area contributed by atoms with Crippen LogP contribution in [-0.4, -0.2) is 5.78 Å². The van der Waals surface area contributed by atoms with Gasteiger partial charge in [-0.2, -0.15) is 0 Å². The number of hydrogen-bond donors (Lipinski definition) is 0. The average Bonchev–Trinajstić information content (AvgIpc) is 2.33. The molecule has 0 aliphatic heterocycles. The highest BCUT2D eigenvalue weighted by molar-refractivity contribution is 5.94. The molecular weight excluding hydrogens is 128 g/mol. The van der Waals surface area contributed by atoms with E-state index in [1.54, 1.807) is 19.3 Å². The van der Waals surface area contributed by atoms with Crippen LogP contribution in [0.1, 0.15) is 30.0 Å². The van der Waals surface area contributed by atoms with Gasteiger partial charge in [0.1, 0.15) is 5.76 Å². The summed E-state index contributed by atoms with van der Waals surface area (Å²) < 4.78 is 5.05. The van der Waals surface area contributed by atoms with Crippen molar-refractivity contribution in [1.82, 2.24) is 0 Å². The molecule has 10 heavy (non-hydrogen) atoms. The van der Waals surface area contributed by atoms with E-state index in [4.69, 9.17) is 4.42 Å². The van der Waals surface area contributed by atoms with Crippen LogP contribution in [0, 0.1) is 0 Å². The van der Waals surface area contributed by atoms with Gasteiger partial charge in [-0.3, -0.25) is 4.79 Å². The van der Waals surface area contributed by atoms with E-state index in [1.807, 2.05) is 6.92 Å². The molecule has 0 bridgehead atoms. The van der Waals surface area contributed by atoms with Crippen molar-refractivity contribution in [1.29, 1.82) is 0 Å².